The van der Waals surface area contributed by atoms with Gasteiger partial charge in [0.15, 0.2) is 0 Å². The van der Waals surface area contributed by atoms with Gasteiger partial charge in [0.25, 0.3) is 0 Å². The van der Waals surface area contributed by atoms with Gasteiger partial charge in [0.05, 0.1) is 25.1 Å². The van der Waals surface area contributed by atoms with Crippen LogP contribution in [0.15, 0.2) is 47.1 Å². The molecule has 2 heterocycles. The quantitative estimate of drug-likeness (QED) is 0.704. The summed E-state index contributed by atoms with van der Waals surface area (Å²) in [7, 11) is 0. The van der Waals surface area contributed by atoms with Crippen molar-refractivity contribution in [2.75, 3.05) is 25.1 Å². The van der Waals surface area contributed by atoms with Crippen LogP contribution in [0.25, 0.3) is 0 Å². The number of halogens is 3. The molecule has 6 nitrogen and oxygen atoms in total. The zero-order valence-corrected chi connectivity index (χ0v) is 17.0. The molecule has 2 aromatic rings. The van der Waals surface area contributed by atoms with Gasteiger partial charge in [0.1, 0.15) is 5.75 Å². The molecule has 0 radical (unpaired) electrons. The van der Waals surface area contributed by atoms with Crippen LogP contribution in [-0.2, 0) is 9.53 Å². The van der Waals surface area contributed by atoms with Gasteiger partial charge >= 0.3 is 0 Å². The Hall–Kier alpha value is -1.38. The van der Waals surface area contributed by atoms with Gasteiger partial charge in [0, 0.05) is 29.5 Å². The van der Waals surface area contributed by atoms with E-state index in [1.54, 1.807) is 18.3 Å². The van der Waals surface area contributed by atoms with Gasteiger partial charge in [-0.1, -0.05) is 22.0 Å². The molecule has 1 aliphatic heterocycles. The van der Waals surface area contributed by atoms with Gasteiger partial charge in [0.2, 0.25) is 11.8 Å². The molecule has 1 aromatic carbocycles. The van der Waals surface area contributed by atoms with Crippen molar-refractivity contribution in [1.82, 2.24) is 10.3 Å². The monoisotopic (exact) mass is 463 g/mol. The highest BCUT2D eigenvalue weighted by molar-refractivity contribution is 9.10. The van der Waals surface area contributed by atoms with Crippen molar-refractivity contribution in [3.05, 3.63) is 47.1 Å². The number of morpholine rings is 1. The smallest absolute Gasteiger partial charge is 0.226 e. The molecule has 0 aliphatic carbocycles. The normalized spacial score (nSPS) is 16.0. The van der Waals surface area contributed by atoms with Gasteiger partial charge in [-0.25, -0.2) is 4.98 Å². The summed E-state index contributed by atoms with van der Waals surface area (Å²) in [5.74, 6) is 1.09. The number of nitrogens with one attached hydrogen (secondary N) is 2. The third-order valence-corrected chi connectivity index (χ3v) is 3.96. The minimum atomic E-state index is -0.0690. The lowest BCUT2D eigenvalue weighted by molar-refractivity contribution is -0.117. The molecule has 1 unspecified atom stereocenters. The molecule has 0 bridgehead atoms. The van der Waals surface area contributed by atoms with Crippen LogP contribution in [0.2, 0.25) is 0 Å². The van der Waals surface area contributed by atoms with E-state index < -0.39 is 0 Å². The summed E-state index contributed by atoms with van der Waals surface area (Å²) in [6.07, 6.45) is 1.95. The highest BCUT2D eigenvalue weighted by Crippen LogP contribution is 2.23. The van der Waals surface area contributed by atoms with E-state index in [0.717, 1.165) is 11.0 Å². The summed E-state index contributed by atoms with van der Waals surface area (Å²) >= 11 is 3.39. The van der Waals surface area contributed by atoms with Crippen molar-refractivity contribution in [3.63, 3.8) is 0 Å². The first-order valence-corrected chi connectivity index (χ1v) is 8.49. The Morgan fingerprint density at radius 3 is 2.85 bits per heavy atom. The Labute approximate surface area is 173 Å². The van der Waals surface area contributed by atoms with Crippen LogP contribution in [0, 0.1) is 0 Å². The van der Waals surface area contributed by atoms with E-state index in [4.69, 9.17) is 9.47 Å². The molecule has 142 valence electrons. The fourth-order valence-electron chi connectivity index (χ4n) is 2.35. The summed E-state index contributed by atoms with van der Waals surface area (Å²) in [4.78, 5) is 16.2. The van der Waals surface area contributed by atoms with Crippen LogP contribution in [0.3, 0.4) is 0 Å². The maximum Gasteiger partial charge on any atom is 0.226 e. The van der Waals surface area contributed by atoms with Crippen molar-refractivity contribution >= 4 is 52.3 Å². The second-order valence-electron chi connectivity index (χ2n) is 5.42. The van der Waals surface area contributed by atoms with Gasteiger partial charge in [-0.2, -0.15) is 0 Å². The number of hydrogen-bond donors (Lipinski definition) is 2. The van der Waals surface area contributed by atoms with Crippen LogP contribution in [0.5, 0.6) is 11.6 Å². The number of pyridine rings is 1. The molecule has 26 heavy (non-hydrogen) atoms. The zero-order valence-electron chi connectivity index (χ0n) is 13.8. The Morgan fingerprint density at radius 2 is 2.19 bits per heavy atom. The van der Waals surface area contributed by atoms with E-state index >= 15 is 0 Å². The number of carbonyl (C=O) groups excluding carboxylic acids is 1. The number of aromatic nitrogens is 1. The van der Waals surface area contributed by atoms with Crippen LogP contribution in [0.1, 0.15) is 6.42 Å². The van der Waals surface area contributed by atoms with Gasteiger partial charge < -0.3 is 20.1 Å². The van der Waals surface area contributed by atoms with E-state index in [-0.39, 0.29) is 36.8 Å². The number of amides is 1. The largest absolute Gasteiger partial charge is 0.439 e. The van der Waals surface area contributed by atoms with Crippen LogP contribution >= 0.6 is 40.7 Å². The highest BCUT2D eigenvalue weighted by Gasteiger charge is 2.16. The fourth-order valence-corrected chi connectivity index (χ4v) is 2.73. The molecule has 1 fully saturated rings. The first kappa shape index (κ1) is 22.7. The second kappa shape index (κ2) is 11.4. The second-order valence-corrected chi connectivity index (χ2v) is 6.34. The molecule has 1 amide bonds. The molecule has 1 saturated heterocycles. The predicted octanol–water partition coefficient (Wildman–Crippen LogP) is 3.80. The number of nitrogens with zero attached hydrogens (tertiary/aromatic N) is 1. The highest BCUT2D eigenvalue weighted by atomic mass is 79.9. The molecule has 1 atom stereocenters. The maximum atomic E-state index is 12.0. The minimum absolute atomic E-state index is 0. The predicted molar refractivity (Wildman–Crippen MR) is 109 cm³/mol. The van der Waals surface area contributed by atoms with Crippen molar-refractivity contribution < 1.29 is 14.3 Å². The lowest BCUT2D eigenvalue weighted by Crippen LogP contribution is -2.43. The van der Waals surface area contributed by atoms with Gasteiger partial charge in [-0.05, 0) is 24.3 Å². The lowest BCUT2D eigenvalue weighted by atomic mass is 10.2. The molecule has 2 N–H and O–H groups in total. The lowest BCUT2D eigenvalue weighted by Gasteiger charge is -2.23. The number of rotatable bonds is 5. The molecule has 3 rings (SSSR count). The zero-order chi connectivity index (χ0) is 16.8. The summed E-state index contributed by atoms with van der Waals surface area (Å²) < 4.78 is 11.9. The Kier molecular flexibility index (Phi) is 9.90. The number of anilines is 1. The van der Waals surface area contributed by atoms with E-state index in [1.807, 2.05) is 24.3 Å². The summed E-state index contributed by atoms with van der Waals surface area (Å²) in [6, 6.07) is 11.1. The third kappa shape index (κ3) is 7.09. The third-order valence-electron chi connectivity index (χ3n) is 3.47. The van der Waals surface area contributed by atoms with Crippen molar-refractivity contribution in [1.29, 1.82) is 0 Å². The van der Waals surface area contributed by atoms with E-state index in [1.165, 1.54) is 0 Å². The minimum Gasteiger partial charge on any atom is -0.439 e. The maximum absolute atomic E-state index is 12.0. The van der Waals surface area contributed by atoms with Crippen molar-refractivity contribution in [2.24, 2.45) is 0 Å². The van der Waals surface area contributed by atoms with E-state index in [0.29, 0.717) is 37.0 Å². The molecule has 9 heteroatoms. The van der Waals surface area contributed by atoms with E-state index in [9.17, 15) is 4.79 Å². The van der Waals surface area contributed by atoms with Crippen LogP contribution in [0.4, 0.5) is 5.69 Å². The number of hydrogen-bond acceptors (Lipinski definition) is 5. The molecule has 0 saturated carbocycles. The number of ether oxygens (including phenoxy) is 2. The fraction of sp³-hybridized carbons (Fsp3) is 0.294. The summed E-state index contributed by atoms with van der Waals surface area (Å²) in [5, 5.41) is 6.08. The Bertz CT molecular complexity index is 698. The first-order chi connectivity index (χ1) is 11.7. The molecule has 0 spiro atoms. The molecular weight excluding hydrogens is 445 g/mol. The van der Waals surface area contributed by atoms with Crippen LogP contribution in [-0.4, -0.2) is 36.7 Å². The Balaban J connectivity index is 0.00000169. The topological polar surface area (TPSA) is 72.5 Å². The Morgan fingerprint density at radius 1 is 1.35 bits per heavy atom. The molecule has 1 aromatic heterocycles. The van der Waals surface area contributed by atoms with Crippen molar-refractivity contribution in [2.45, 2.75) is 12.5 Å². The first-order valence-electron chi connectivity index (χ1n) is 7.69. The van der Waals surface area contributed by atoms with Gasteiger partial charge in [-0.3, -0.25) is 4.79 Å². The molecular formula is C17H20BrCl2N3O3. The van der Waals surface area contributed by atoms with Crippen molar-refractivity contribution in [3.8, 4) is 11.6 Å². The molecule has 1 aliphatic rings. The van der Waals surface area contributed by atoms with Gasteiger partial charge in [-0.15, -0.1) is 24.8 Å². The standard InChI is InChI=1S/C17H18BrN3O3.2ClH/c18-12-2-1-3-15(8-12)24-17-5-4-13(10-20-17)21-16(22)9-14-11-23-7-6-19-14;;/h1-5,8,10,14,19H,6-7,9,11H2,(H,21,22);2*1H. The summed E-state index contributed by atoms with van der Waals surface area (Å²) in [6.45, 7) is 2.04. The van der Waals surface area contributed by atoms with E-state index in [2.05, 4.69) is 31.5 Å². The number of benzene rings is 1. The SMILES string of the molecule is Cl.Cl.O=C(CC1COCCN1)Nc1ccc(Oc2cccc(Br)c2)nc1. The van der Waals surface area contributed by atoms with Crippen LogP contribution < -0.4 is 15.4 Å². The average molecular weight is 465 g/mol. The summed E-state index contributed by atoms with van der Waals surface area (Å²) in [5.41, 5.74) is 0.637. The number of carbonyl (C=O) groups is 1. The average Bonchev–Trinajstić information content (AvgIpc) is 2.57.